The zero-order chi connectivity index (χ0) is 14.4. The van der Waals surface area contributed by atoms with Gasteiger partial charge in [-0.15, -0.1) is 0 Å². The SMILES string of the molecule is Cn1c(C(C)(C)S(C)(=O)=O)nc2cc(C#N)ccc21. The highest BCUT2D eigenvalue weighted by atomic mass is 32.2. The van der Waals surface area contributed by atoms with Crippen LogP contribution < -0.4 is 0 Å². The Morgan fingerprint density at radius 3 is 2.53 bits per heavy atom. The molecule has 0 atom stereocenters. The van der Waals surface area contributed by atoms with Crippen LogP contribution in [-0.2, 0) is 21.6 Å². The Labute approximate surface area is 112 Å². The minimum atomic E-state index is -3.29. The molecule has 0 radical (unpaired) electrons. The van der Waals surface area contributed by atoms with E-state index in [1.165, 1.54) is 6.26 Å². The van der Waals surface area contributed by atoms with Crippen LogP contribution in [0.2, 0.25) is 0 Å². The number of fused-ring (bicyclic) bond motifs is 1. The highest BCUT2D eigenvalue weighted by Crippen LogP contribution is 2.30. The van der Waals surface area contributed by atoms with E-state index in [0.717, 1.165) is 5.52 Å². The zero-order valence-corrected chi connectivity index (χ0v) is 12.1. The maximum Gasteiger partial charge on any atom is 0.159 e. The zero-order valence-electron chi connectivity index (χ0n) is 11.3. The minimum Gasteiger partial charge on any atom is -0.330 e. The first-order chi connectivity index (χ1) is 8.68. The Morgan fingerprint density at radius 1 is 1.37 bits per heavy atom. The van der Waals surface area contributed by atoms with Crippen molar-refractivity contribution >= 4 is 20.9 Å². The summed E-state index contributed by atoms with van der Waals surface area (Å²) in [5.41, 5.74) is 1.95. The molecular formula is C13H15N3O2S. The third kappa shape index (κ3) is 2.00. The van der Waals surface area contributed by atoms with Crippen molar-refractivity contribution in [1.82, 2.24) is 9.55 Å². The van der Waals surface area contributed by atoms with Gasteiger partial charge in [-0.3, -0.25) is 0 Å². The van der Waals surface area contributed by atoms with Crippen LogP contribution in [0.1, 0.15) is 25.2 Å². The maximum absolute atomic E-state index is 11.9. The van der Waals surface area contributed by atoms with Gasteiger partial charge in [0.25, 0.3) is 0 Å². The molecule has 19 heavy (non-hydrogen) atoms. The molecule has 1 aromatic heterocycles. The van der Waals surface area contributed by atoms with E-state index in [9.17, 15) is 8.42 Å². The van der Waals surface area contributed by atoms with Crippen LogP contribution in [0.25, 0.3) is 11.0 Å². The number of rotatable bonds is 2. The largest absolute Gasteiger partial charge is 0.330 e. The van der Waals surface area contributed by atoms with Gasteiger partial charge in [-0.05, 0) is 32.0 Å². The number of nitriles is 1. The molecule has 2 aromatic rings. The van der Waals surface area contributed by atoms with Gasteiger partial charge in [-0.25, -0.2) is 13.4 Å². The summed E-state index contributed by atoms with van der Waals surface area (Å²) >= 11 is 0. The van der Waals surface area contributed by atoms with Crippen molar-refractivity contribution in [2.75, 3.05) is 6.26 Å². The standard InChI is InChI=1S/C13H15N3O2S/c1-13(2,19(4,17)18)12-15-10-7-9(8-14)5-6-11(10)16(12)3/h5-7H,1-4H3. The maximum atomic E-state index is 11.9. The first kappa shape index (κ1) is 13.6. The van der Waals surface area contributed by atoms with Crippen LogP contribution in [0, 0.1) is 11.3 Å². The molecule has 0 bridgehead atoms. The van der Waals surface area contributed by atoms with Gasteiger partial charge in [-0.1, -0.05) is 0 Å². The molecule has 1 aromatic carbocycles. The fourth-order valence-corrected chi connectivity index (χ4v) is 2.49. The van der Waals surface area contributed by atoms with Crippen LogP contribution in [0.5, 0.6) is 0 Å². The summed E-state index contributed by atoms with van der Waals surface area (Å²) in [6.45, 7) is 3.27. The van der Waals surface area contributed by atoms with Crippen molar-refractivity contribution in [3.05, 3.63) is 29.6 Å². The summed E-state index contributed by atoms with van der Waals surface area (Å²) in [5.74, 6) is 0.472. The van der Waals surface area contributed by atoms with E-state index in [1.807, 2.05) is 6.07 Å². The molecule has 0 spiro atoms. The average Bonchev–Trinajstić information content (AvgIpc) is 2.65. The van der Waals surface area contributed by atoms with Crippen molar-refractivity contribution in [3.63, 3.8) is 0 Å². The first-order valence-electron chi connectivity index (χ1n) is 5.75. The van der Waals surface area contributed by atoms with Crippen molar-refractivity contribution in [2.45, 2.75) is 18.6 Å². The Hall–Kier alpha value is -1.87. The van der Waals surface area contributed by atoms with Gasteiger partial charge in [0.05, 0.1) is 22.7 Å². The van der Waals surface area contributed by atoms with E-state index in [4.69, 9.17) is 5.26 Å². The van der Waals surface area contributed by atoms with Crippen molar-refractivity contribution in [2.24, 2.45) is 7.05 Å². The van der Waals surface area contributed by atoms with Crippen LogP contribution in [-0.4, -0.2) is 24.2 Å². The van der Waals surface area contributed by atoms with Crippen LogP contribution >= 0.6 is 0 Å². The number of nitrogens with zero attached hydrogens (tertiary/aromatic N) is 3. The van der Waals surface area contributed by atoms with Gasteiger partial charge in [0.15, 0.2) is 9.84 Å². The lowest BCUT2D eigenvalue weighted by atomic mass is 10.2. The molecule has 5 nitrogen and oxygen atoms in total. The van der Waals surface area contributed by atoms with Crippen molar-refractivity contribution in [3.8, 4) is 6.07 Å². The van der Waals surface area contributed by atoms with E-state index in [-0.39, 0.29) is 0 Å². The molecule has 0 N–H and O–H groups in total. The summed E-state index contributed by atoms with van der Waals surface area (Å²) in [6.07, 6.45) is 1.20. The third-order valence-corrected chi connectivity index (χ3v) is 5.51. The molecule has 0 unspecified atom stereocenters. The lowest BCUT2D eigenvalue weighted by Crippen LogP contribution is -2.31. The molecule has 100 valence electrons. The normalized spacial score (nSPS) is 12.6. The van der Waals surface area contributed by atoms with Gasteiger partial charge in [0, 0.05) is 13.3 Å². The third-order valence-electron chi connectivity index (χ3n) is 3.48. The molecule has 0 aliphatic carbocycles. The highest BCUT2D eigenvalue weighted by Gasteiger charge is 2.36. The Morgan fingerprint density at radius 2 is 2.00 bits per heavy atom. The number of aromatic nitrogens is 2. The number of aryl methyl sites for hydroxylation is 1. The number of imidazole rings is 1. The van der Waals surface area contributed by atoms with E-state index in [0.29, 0.717) is 16.9 Å². The fourth-order valence-electron chi connectivity index (χ4n) is 1.97. The number of hydrogen-bond acceptors (Lipinski definition) is 4. The predicted molar refractivity (Wildman–Crippen MR) is 73.3 cm³/mol. The van der Waals surface area contributed by atoms with Crippen molar-refractivity contribution in [1.29, 1.82) is 5.26 Å². The van der Waals surface area contributed by atoms with E-state index in [2.05, 4.69) is 4.98 Å². The minimum absolute atomic E-state index is 0.472. The second kappa shape index (κ2) is 4.07. The molecule has 0 fully saturated rings. The monoisotopic (exact) mass is 277 g/mol. The van der Waals surface area contributed by atoms with E-state index >= 15 is 0 Å². The van der Waals surface area contributed by atoms with Crippen LogP contribution in [0.3, 0.4) is 0 Å². The number of hydrogen-bond donors (Lipinski definition) is 0. The Bertz CT molecular complexity index is 795. The van der Waals surface area contributed by atoms with Gasteiger partial charge >= 0.3 is 0 Å². The fraction of sp³-hybridized carbons (Fsp3) is 0.385. The van der Waals surface area contributed by atoms with Gasteiger partial charge in [0.1, 0.15) is 10.6 Å². The second-order valence-electron chi connectivity index (χ2n) is 5.09. The molecule has 0 saturated carbocycles. The van der Waals surface area contributed by atoms with Gasteiger partial charge in [0.2, 0.25) is 0 Å². The second-order valence-corrected chi connectivity index (χ2v) is 7.66. The number of sulfone groups is 1. The Kier molecular flexibility index (Phi) is 2.90. The number of benzene rings is 1. The van der Waals surface area contributed by atoms with Gasteiger partial charge in [-0.2, -0.15) is 5.26 Å². The summed E-state index contributed by atoms with van der Waals surface area (Å²) in [7, 11) is -1.51. The summed E-state index contributed by atoms with van der Waals surface area (Å²) in [5, 5.41) is 8.88. The lowest BCUT2D eigenvalue weighted by molar-refractivity contribution is 0.543. The van der Waals surface area contributed by atoms with E-state index in [1.54, 1.807) is 43.7 Å². The summed E-state index contributed by atoms with van der Waals surface area (Å²) in [4.78, 5) is 4.39. The average molecular weight is 277 g/mol. The molecule has 0 aliphatic heterocycles. The summed E-state index contributed by atoms with van der Waals surface area (Å²) in [6, 6.07) is 7.19. The smallest absolute Gasteiger partial charge is 0.159 e. The molecule has 0 aliphatic rings. The molecule has 2 rings (SSSR count). The Balaban J connectivity index is 2.77. The van der Waals surface area contributed by atoms with Gasteiger partial charge < -0.3 is 4.57 Å². The van der Waals surface area contributed by atoms with Crippen LogP contribution in [0.15, 0.2) is 18.2 Å². The molecule has 6 heteroatoms. The molecule has 0 amide bonds. The molecule has 0 saturated heterocycles. The van der Waals surface area contributed by atoms with Crippen LogP contribution in [0.4, 0.5) is 0 Å². The first-order valence-corrected chi connectivity index (χ1v) is 7.64. The molecule has 1 heterocycles. The highest BCUT2D eigenvalue weighted by molar-refractivity contribution is 7.91. The van der Waals surface area contributed by atoms with E-state index < -0.39 is 14.6 Å². The predicted octanol–water partition coefficient (Wildman–Crippen LogP) is 1.72. The summed E-state index contributed by atoms with van der Waals surface area (Å²) < 4.78 is 24.5. The topological polar surface area (TPSA) is 75.8 Å². The van der Waals surface area contributed by atoms with Crippen molar-refractivity contribution < 1.29 is 8.42 Å². The quantitative estimate of drug-likeness (QED) is 0.837. The molecular weight excluding hydrogens is 262 g/mol. The lowest BCUT2D eigenvalue weighted by Gasteiger charge is -2.21.